The predicted molar refractivity (Wildman–Crippen MR) is 94.6 cm³/mol. The van der Waals surface area contributed by atoms with Crippen LogP contribution in [0.2, 0.25) is 0 Å². The Labute approximate surface area is 141 Å². The minimum absolute atomic E-state index is 0.0748. The van der Waals surface area contributed by atoms with Crippen LogP contribution < -0.4 is 5.32 Å². The summed E-state index contributed by atoms with van der Waals surface area (Å²) in [6.45, 7) is 15.4. The van der Waals surface area contributed by atoms with Crippen molar-refractivity contribution in [2.24, 2.45) is 5.92 Å². The molecule has 1 saturated heterocycles. The van der Waals surface area contributed by atoms with E-state index in [2.05, 4.69) is 36.0 Å². The number of carbonyl (C=O) groups is 1. The number of nitrogens with one attached hydrogen (secondary N) is 1. The van der Waals surface area contributed by atoms with Crippen molar-refractivity contribution >= 4 is 6.03 Å². The third-order valence-electron chi connectivity index (χ3n) is 4.58. The van der Waals surface area contributed by atoms with Crippen LogP contribution in [-0.2, 0) is 0 Å². The van der Waals surface area contributed by atoms with E-state index in [0.717, 1.165) is 26.2 Å². The first-order valence-electron chi connectivity index (χ1n) is 8.87. The van der Waals surface area contributed by atoms with E-state index in [4.69, 9.17) is 0 Å². The number of likely N-dealkylation sites (N-methyl/N-ethyl adjacent to an activating group) is 1. The Morgan fingerprint density at radius 2 is 1.70 bits per heavy atom. The lowest BCUT2D eigenvalue weighted by Crippen LogP contribution is -2.56. The summed E-state index contributed by atoms with van der Waals surface area (Å²) in [6, 6.07) is 0.347. The normalized spacial score (nSPS) is 19.9. The van der Waals surface area contributed by atoms with Gasteiger partial charge in [-0.25, -0.2) is 4.79 Å². The zero-order valence-corrected chi connectivity index (χ0v) is 15.7. The number of rotatable bonds is 7. The molecule has 136 valence electrons. The highest BCUT2D eigenvalue weighted by molar-refractivity contribution is 5.74. The van der Waals surface area contributed by atoms with Crippen molar-refractivity contribution in [3.63, 3.8) is 0 Å². The number of carbonyl (C=O) groups excluding carboxylic acids is 1. The van der Waals surface area contributed by atoms with Gasteiger partial charge in [-0.3, -0.25) is 4.90 Å². The summed E-state index contributed by atoms with van der Waals surface area (Å²) in [7, 11) is 2.15. The van der Waals surface area contributed by atoms with Crippen LogP contribution in [0.5, 0.6) is 0 Å². The molecule has 0 aromatic carbocycles. The van der Waals surface area contributed by atoms with Gasteiger partial charge in [0.1, 0.15) is 0 Å². The first-order chi connectivity index (χ1) is 10.7. The number of amides is 2. The second-order valence-corrected chi connectivity index (χ2v) is 7.43. The monoisotopic (exact) mass is 328 g/mol. The van der Waals surface area contributed by atoms with E-state index in [9.17, 15) is 9.90 Å². The zero-order valence-electron chi connectivity index (χ0n) is 15.7. The Morgan fingerprint density at radius 3 is 2.13 bits per heavy atom. The summed E-state index contributed by atoms with van der Waals surface area (Å²) in [6.07, 6.45) is -0.512. The molecule has 0 bridgehead atoms. The fourth-order valence-electron chi connectivity index (χ4n) is 3.05. The predicted octanol–water partition coefficient (Wildman–Crippen LogP) is 1.06. The summed E-state index contributed by atoms with van der Waals surface area (Å²) in [5.74, 6) is 0.489. The van der Waals surface area contributed by atoms with Crippen LogP contribution in [0.25, 0.3) is 0 Å². The molecule has 2 amide bonds. The Bertz CT molecular complexity index is 353. The molecule has 2 N–H and O–H groups in total. The van der Waals surface area contributed by atoms with E-state index >= 15 is 0 Å². The smallest absolute Gasteiger partial charge is 0.317 e. The molecule has 2 atom stereocenters. The number of nitrogens with zero attached hydrogens (tertiary/aromatic N) is 3. The maximum Gasteiger partial charge on any atom is 0.317 e. The fraction of sp³-hybridized carbons (Fsp3) is 0.941. The summed E-state index contributed by atoms with van der Waals surface area (Å²) in [5.41, 5.74) is 0. The van der Waals surface area contributed by atoms with Gasteiger partial charge in [0.25, 0.3) is 0 Å². The molecule has 0 aromatic heterocycles. The van der Waals surface area contributed by atoms with Gasteiger partial charge in [0, 0.05) is 51.4 Å². The molecule has 6 nitrogen and oxygen atoms in total. The van der Waals surface area contributed by atoms with Crippen molar-refractivity contribution in [3.8, 4) is 0 Å². The molecule has 6 heteroatoms. The Hall–Kier alpha value is -0.850. The molecule has 1 fully saturated rings. The molecule has 23 heavy (non-hydrogen) atoms. The second-order valence-electron chi connectivity index (χ2n) is 7.43. The summed E-state index contributed by atoms with van der Waals surface area (Å²) < 4.78 is 0. The molecule has 1 aliphatic rings. The van der Waals surface area contributed by atoms with Crippen LogP contribution in [0.1, 0.15) is 34.6 Å². The molecule has 0 spiro atoms. The lowest BCUT2D eigenvalue weighted by molar-refractivity contribution is 0.0846. The van der Waals surface area contributed by atoms with Crippen LogP contribution in [0.15, 0.2) is 0 Å². The Balaban J connectivity index is 2.58. The molecule has 0 aromatic rings. The minimum atomic E-state index is -0.512. The summed E-state index contributed by atoms with van der Waals surface area (Å²) in [4.78, 5) is 19.0. The van der Waals surface area contributed by atoms with Crippen LogP contribution >= 0.6 is 0 Å². The molecule has 0 saturated carbocycles. The van der Waals surface area contributed by atoms with Crippen LogP contribution in [-0.4, -0.2) is 90.3 Å². The van der Waals surface area contributed by atoms with Crippen molar-refractivity contribution in [1.82, 2.24) is 20.0 Å². The van der Waals surface area contributed by atoms with Gasteiger partial charge in [-0.2, -0.15) is 0 Å². The van der Waals surface area contributed by atoms with E-state index in [-0.39, 0.29) is 12.1 Å². The Kier molecular flexibility index (Phi) is 8.29. The van der Waals surface area contributed by atoms with Crippen molar-refractivity contribution in [3.05, 3.63) is 0 Å². The average molecular weight is 329 g/mol. The molecule has 1 aliphatic heterocycles. The number of urea groups is 1. The lowest BCUT2D eigenvalue weighted by atomic mass is 10.0. The first kappa shape index (κ1) is 20.2. The van der Waals surface area contributed by atoms with Gasteiger partial charge in [0.2, 0.25) is 0 Å². The summed E-state index contributed by atoms with van der Waals surface area (Å²) in [5, 5.41) is 12.7. The van der Waals surface area contributed by atoms with E-state index in [0.29, 0.717) is 25.0 Å². The number of aliphatic hydroxyl groups excluding tert-OH is 1. The second kappa shape index (κ2) is 9.45. The third-order valence-corrected chi connectivity index (χ3v) is 4.58. The van der Waals surface area contributed by atoms with E-state index < -0.39 is 6.10 Å². The van der Waals surface area contributed by atoms with Gasteiger partial charge >= 0.3 is 6.03 Å². The van der Waals surface area contributed by atoms with Crippen LogP contribution in [0.4, 0.5) is 4.79 Å². The first-order valence-corrected chi connectivity index (χ1v) is 8.87. The Morgan fingerprint density at radius 1 is 1.13 bits per heavy atom. The standard InChI is InChI=1S/C17H36N4O2/c1-13(2)16(20-9-7-19(6)8-10-20)11-18-17(23)21(14(3)4)12-15(5)22/h13-16,22H,7-12H2,1-6H3,(H,18,23). The molecular formula is C17H36N4O2. The van der Waals surface area contributed by atoms with E-state index in [1.54, 1.807) is 11.8 Å². The van der Waals surface area contributed by atoms with Crippen molar-refractivity contribution in [1.29, 1.82) is 0 Å². The molecule has 1 heterocycles. The number of hydrogen-bond donors (Lipinski definition) is 2. The molecule has 0 aliphatic carbocycles. The topological polar surface area (TPSA) is 59.1 Å². The van der Waals surface area contributed by atoms with E-state index in [1.165, 1.54) is 0 Å². The van der Waals surface area contributed by atoms with Crippen LogP contribution in [0, 0.1) is 5.92 Å². The van der Waals surface area contributed by atoms with Gasteiger partial charge in [-0.1, -0.05) is 13.8 Å². The lowest BCUT2D eigenvalue weighted by Gasteiger charge is -2.40. The van der Waals surface area contributed by atoms with Crippen molar-refractivity contribution in [2.45, 2.75) is 52.8 Å². The quantitative estimate of drug-likeness (QED) is 0.734. The van der Waals surface area contributed by atoms with Crippen molar-refractivity contribution in [2.75, 3.05) is 46.3 Å². The van der Waals surface area contributed by atoms with Gasteiger partial charge in [-0.15, -0.1) is 0 Å². The molecular weight excluding hydrogens is 292 g/mol. The number of aliphatic hydroxyl groups is 1. The molecule has 0 radical (unpaired) electrons. The van der Waals surface area contributed by atoms with Crippen molar-refractivity contribution < 1.29 is 9.90 Å². The van der Waals surface area contributed by atoms with Gasteiger partial charge in [0.15, 0.2) is 0 Å². The zero-order chi connectivity index (χ0) is 17.6. The highest BCUT2D eigenvalue weighted by Crippen LogP contribution is 2.13. The summed E-state index contributed by atoms with van der Waals surface area (Å²) >= 11 is 0. The fourth-order valence-corrected chi connectivity index (χ4v) is 3.05. The third kappa shape index (κ3) is 6.65. The molecule has 2 unspecified atom stereocenters. The van der Waals surface area contributed by atoms with Crippen LogP contribution in [0.3, 0.4) is 0 Å². The average Bonchev–Trinajstić information content (AvgIpc) is 2.45. The molecule has 1 rings (SSSR count). The largest absolute Gasteiger partial charge is 0.392 e. The maximum atomic E-state index is 12.5. The van der Waals surface area contributed by atoms with E-state index in [1.807, 2.05) is 13.8 Å². The van der Waals surface area contributed by atoms with Gasteiger partial charge < -0.3 is 20.2 Å². The number of piperazine rings is 1. The SMILES string of the molecule is CC(O)CN(C(=O)NCC(C(C)C)N1CCN(C)CC1)C(C)C. The number of hydrogen-bond acceptors (Lipinski definition) is 4. The van der Waals surface area contributed by atoms with Gasteiger partial charge in [0.05, 0.1) is 6.10 Å². The highest BCUT2D eigenvalue weighted by Gasteiger charge is 2.26. The van der Waals surface area contributed by atoms with Gasteiger partial charge in [-0.05, 0) is 33.7 Å². The highest BCUT2D eigenvalue weighted by atomic mass is 16.3. The minimum Gasteiger partial charge on any atom is -0.392 e. The maximum absolute atomic E-state index is 12.5.